The zero-order valence-corrected chi connectivity index (χ0v) is 10.6. The van der Waals surface area contributed by atoms with Crippen molar-refractivity contribution in [3.8, 4) is 0 Å². The van der Waals surface area contributed by atoms with Gasteiger partial charge in [-0.2, -0.15) is 0 Å². The van der Waals surface area contributed by atoms with E-state index in [1.165, 1.54) is 6.33 Å². The van der Waals surface area contributed by atoms with Crippen molar-refractivity contribution in [1.82, 2.24) is 15.3 Å². The van der Waals surface area contributed by atoms with Crippen molar-refractivity contribution < 1.29 is 9.90 Å². The van der Waals surface area contributed by atoms with Crippen LogP contribution < -0.4 is 10.2 Å². The third-order valence-corrected chi connectivity index (χ3v) is 3.11. The summed E-state index contributed by atoms with van der Waals surface area (Å²) >= 11 is 0. The Morgan fingerprint density at radius 3 is 3.06 bits per heavy atom. The van der Waals surface area contributed by atoms with Crippen molar-refractivity contribution in [3.05, 3.63) is 18.1 Å². The maximum absolute atomic E-state index is 11.0. The SMILES string of the molecule is CC(C)c1cncnc1N1CCN[C@@H](C(=O)O)C1. The highest BCUT2D eigenvalue weighted by Gasteiger charge is 2.27. The number of piperazine rings is 1. The summed E-state index contributed by atoms with van der Waals surface area (Å²) < 4.78 is 0. The average molecular weight is 250 g/mol. The molecule has 0 aromatic carbocycles. The Morgan fingerprint density at radius 2 is 2.39 bits per heavy atom. The van der Waals surface area contributed by atoms with E-state index in [1.54, 1.807) is 0 Å². The largest absolute Gasteiger partial charge is 0.480 e. The second-order valence-corrected chi connectivity index (χ2v) is 4.75. The molecule has 2 N–H and O–H groups in total. The lowest BCUT2D eigenvalue weighted by Crippen LogP contribution is -2.54. The molecule has 0 unspecified atom stereocenters. The van der Waals surface area contributed by atoms with Crippen LogP contribution in [0.2, 0.25) is 0 Å². The van der Waals surface area contributed by atoms with Crippen LogP contribution in [0.25, 0.3) is 0 Å². The molecule has 0 radical (unpaired) electrons. The lowest BCUT2D eigenvalue weighted by molar-refractivity contribution is -0.139. The van der Waals surface area contributed by atoms with Crippen molar-refractivity contribution in [3.63, 3.8) is 0 Å². The fourth-order valence-corrected chi connectivity index (χ4v) is 2.11. The van der Waals surface area contributed by atoms with Crippen LogP contribution in [0.1, 0.15) is 25.3 Å². The number of carboxylic acids is 1. The van der Waals surface area contributed by atoms with Gasteiger partial charge in [0.2, 0.25) is 0 Å². The number of carboxylic acid groups (broad SMARTS) is 1. The molecule has 0 amide bonds. The Morgan fingerprint density at radius 1 is 1.61 bits per heavy atom. The third-order valence-electron chi connectivity index (χ3n) is 3.11. The third kappa shape index (κ3) is 2.59. The first-order valence-corrected chi connectivity index (χ1v) is 6.10. The molecule has 1 aromatic heterocycles. The van der Waals surface area contributed by atoms with Crippen LogP contribution in [0.4, 0.5) is 5.82 Å². The zero-order valence-electron chi connectivity index (χ0n) is 10.6. The van der Waals surface area contributed by atoms with E-state index in [0.29, 0.717) is 19.0 Å². The molecular formula is C12H18N4O2. The first-order chi connectivity index (χ1) is 8.59. The number of hydrogen-bond donors (Lipinski definition) is 2. The molecule has 6 heteroatoms. The predicted molar refractivity (Wildman–Crippen MR) is 67.8 cm³/mol. The van der Waals surface area contributed by atoms with Crippen LogP contribution >= 0.6 is 0 Å². The van der Waals surface area contributed by atoms with Gasteiger partial charge < -0.3 is 15.3 Å². The van der Waals surface area contributed by atoms with Gasteiger partial charge in [0.25, 0.3) is 0 Å². The van der Waals surface area contributed by atoms with E-state index in [-0.39, 0.29) is 0 Å². The first-order valence-electron chi connectivity index (χ1n) is 6.10. The number of aliphatic carboxylic acids is 1. The number of anilines is 1. The second-order valence-electron chi connectivity index (χ2n) is 4.75. The molecular weight excluding hydrogens is 232 g/mol. The van der Waals surface area contributed by atoms with Crippen molar-refractivity contribution in [2.75, 3.05) is 24.5 Å². The molecule has 18 heavy (non-hydrogen) atoms. The molecule has 1 aliphatic rings. The van der Waals surface area contributed by atoms with Crippen LogP contribution in [0.15, 0.2) is 12.5 Å². The topological polar surface area (TPSA) is 78.4 Å². The van der Waals surface area contributed by atoms with Crippen molar-refractivity contribution in [2.45, 2.75) is 25.8 Å². The molecule has 0 saturated carbocycles. The molecule has 1 aliphatic heterocycles. The number of carbonyl (C=O) groups is 1. The quantitative estimate of drug-likeness (QED) is 0.811. The van der Waals surface area contributed by atoms with E-state index in [2.05, 4.69) is 29.1 Å². The molecule has 1 fully saturated rings. The highest BCUT2D eigenvalue weighted by Crippen LogP contribution is 2.24. The van der Waals surface area contributed by atoms with Gasteiger partial charge in [0, 0.05) is 31.4 Å². The second kappa shape index (κ2) is 5.30. The highest BCUT2D eigenvalue weighted by molar-refractivity contribution is 5.74. The van der Waals surface area contributed by atoms with Gasteiger partial charge in [-0.3, -0.25) is 4.79 Å². The van der Waals surface area contributed by atoms with Gasteiger partial charge >= 0.3 is 5.97 Å². The number of aromatic nitrogens is 2. The standard InChI is InChI=1S/C12H18N4O2/c1-8(2)9-5-13-7-15-11(9)16-4-3-14-10(6-16)12(17)18/h5,7-8,10,14H,3-4,6H2,1-2H3,(H,17,18)/t10-/m1/s1. The minimum absolute atomic E-state index is 0.319. The minimum Gasteiger partial charge on any atom is -0.480 e. The van der Waals surface area contributed by atoms with Crippen molar-refractivity contribution in [1.29, 1.82) is 0 Å². The van der Waals surface area contributed by atoms with E-state index in [1.807, 2.05) is 11.1 Å². The number of rotatable bonds is 3. The van der Waals surface area contributed by atoms with Crippen molar-refractivity contribution in [2.24, 2.45) is 0 Å². The Bertz CT molecular complexity index is 436. The first kappa shape index (κ1) is 12.8. The predicted octanol–water partition coefficient (Wildman–Crippen LogP) is 0.463. The Balaban J connectivity index is 2.23. The summed E-state index contributed by atoms with van der Waals surface area (Å²) in [5.41, 5.74) is 1.06. The van der Waals surface area contributed by atoms with E-state index in [0.717, 1.165) is 17.9 Å². The average Bonchev–Trinajstić information content (AvgIpc) is 2.39. The van der Waals surface area contributed by atoms with Gasteiger partial charge in [-0.1, -0.05) is 13.8 Å². The molecule has 0 spiro atoms. The van der Waals surface area contributed by atoms with Gasteiger partial charge in [-0.25, -0.2) is 9.97 Å². The zero-order chi connectivity index (χ0) is 13.1. The molecule has 6 nitrogen and oxygen atoms in total. The van der Waals surface area contributed by atoms with E-state index < -0.39 is 12.0 Å². The molecule has 2 heterocycles. The van der Waals surface area contributed by atoms with Gasteiger partial charge in [0.05, 0.1) is 0 Å². The lowest BCUT2D eigenvalue weighted by Gasteiger charge is -2.33. The lowest BCUT2D eigenvalue weighted by atomic mass is 10.0. The normalized spacial score (nSPS) is 20.2. The van der Waals surface area contributed by atoms with Crippen LogP contribution in [0.3, 0.4) is 0 Å². The Kier molecular flexibility index (Phi) is 3.76. The van der Waals surface area contributed by atoms with Gasteiger partial charge in [0.1, 0.15) is 18.2 Å². The number of nitrogens with one attached hydrogen (secondary N) is 1. The molecule has 98 valence electrons. The van der Waals surface area contributed by atoms with Crippen LogP contribution in [0, 0.1) is 0 Å². The van der Waals surface area contributed by atoms with Crippen LogP contribution in [-0.4, -0.2) is 46.7 Å². The fourth-order valence-electron chi connectivity index (χ4n) is 2.11. The van der Waals surface area contributed by atoms with E-state index in [9.17, 15) is 4.79 Å². The molecule has 1 atom stereocenters. The minimum atomic E-state index is -0.820. The van der Waals surface area contributed by atoms with Gasteiger partial charge in [-0.05, 0) is 5.92 Å². The smallest absolute Gasteiger partial charge is 0.322 e. The van der Waals surface area contributed by atoms with Crippen molar-refractivity contribution >= 4 is 11.8 Å². The van der Waals surface area contributed by atoms with Crippen LogP contribution in [0.5, 0.6) is 0 Å². The summed E-state index contributed by atoms with van der Waals surface area (Å²) in [6, 6.07) is -0.534. The van der Waals surface area contributed by atoms with Crippen LogP contribution in [-0.2, 0) is 4.79 Å². The van der Waals surface area contributed by atoms with E-state index >= 15 is 0 Å². The molecule has 1 saturated heterocycles. The fraction of sp³-hybridized carbons (Fsp3) is 0.583. The maximum Gasteiger partial charge on any atom is 0.322 e. The summed E-state index contributed by atoms with van der Waals surface area (Å²) in [7, 11) is 0. The number of nitrogens with zero attached hydrogens (tertiary/aromatic N) is 3. The maximum atomic E-state index is 11.0. The molecule has 0 aliphatic carbocycles. The van der Waals surface area contributed by atoms with Gasteiger partial charge in [-0.15, -0.1) is 0 Å². The number of hydrogen-bond acceptors (Lipinski definition) is 5. The van der Waals surface area contributed by atoms with Gasteiger partial charge in [0.15, 0.2) is 0 Å². The highest BCUT2D eigenvalue weighted by atomic mass is 16.4. The summed E-state index contributed by atoms with van der Waals surface area (Å²) in [6.07, 6.45) is 3.32. The summed E-state index contributed by atoms with van der Waals surface area (Å²) in [6.45, 7) is 6.02. The Hall–Kier alpha value is -1.69. The summed E-state index contributed by atoms with van der Waals surface area (Å²) in [5.74, 6) is 0.354. The van der Waals surface area contributed by atoms with E-state index in [4.69, 9.17) is 5.11 Å². The Labute approximate surface area is 106 Å². The molecule has 1 aromatic rings. The molecule has 2 rings (SSSR count). The molecule has 0 bridgehead atoms. The summed E-state index contributed by atoms with van der Waals surface area (Å²) in [5, 5.41) is 12.0. The monoisotopic (exact) mass is 250 g/mol. The summed E-state index contributed by atoms with van der Waals surface area (Å²) in [4.78, 5) is 21.4.